The molecule has 1 unspecified atom stereocenters. The van der Waals surface area contributed by atoms with E-state index in [1.807, 2.05) is 19.1 Å². The number of hydrogen-bond acceptors (Lipinski definition) is 6. The summed E-state index contributed by atoms with van der Waals surface area (Å²) in [5.74, 6) is 1.71. The molecule has 0 aliphatic rings. The van der Waals surface area contributed by atoms with Gasteiger partial charge in [0.15, 0.2) is 12.4 Å². The van der Waals surface area contributed by atoms with Gasteiger partial charge in [0.1, 0.15) is 5.75 Å². The summed E-state index contributed by atoms with van der Waals surface area (Å²) in [6, 6.07) is 3.86. The zero-order valence-corrected chi connectivity index (χ0v) is 10.5. The van der Waals surface area contributed by atoms with Crippen LogP contribution in [0.3, 0.4) is 0 Å². The summed E-state index contributed by atoms with van der Waals surface area (Å²) in [4.78, 5) is 8.31. The van der Waals surface area contributed by atoms with E-state index < -0.39 is 0 Å². The van der Waals surface area contributed by atoms with Gasteiger partial charge in [-0.05, 0) is 26.0 Å². The summed E-state index contributed by atoms with van der Waals surface area (Å²) in [5.41, 5.74) is 6.65. The van der Waals surface area contributed by atoms with Gasteiger partial charge in [0.05, 0.1) is 6.20 Å². The molecule has 0 aliphatic carbocycles. The third-order valence-corrected chi connectivity index (χ3v) is 2.26. The SMILES string of the molecule is Cc1noc(COc2ccc(CC(C)N)nc2)n1. The van der Waals surface area contributed by atoms with Gasteiger partial charge in [0.2, 0.25) is 0 Å². The van der Waals surface area contributed by atoms with E-state index in [0.29, 0.717) is 17.5 Å². The van der Waals surface area contributed by atoms with Crippen LogP contribution in [0.25, 0.3) is 0 Å². The van der Waals surface area contributed by atoms with E-state index >= 15 is 0 Å². The van der Waals surface area contributed by atoms with Crippen LogP contribution in [-0.2, 0) is 13.0 Å². The Morgan fingerprint density at radius 2 is 2.28 bits per heavy atom. The molecule has 2 aromatic heterocycles. The van der Waals surface area contributed by atoms with Crippen molar-refractivity contribution in [2.24, 2.45) is 5.73 Å². The molecular weight excluding hydrogens is 232 g/mol. The van der Waals surface area contributed by atoms with Gasteiger partial charge in [0.25, 0.3) is 5.89 Å². The van der Waals surface area contributed by atoms with Gasteiger partial charge in [-0.15, -0.1) is 0 Å². The minimum absolute atomic E-state index is 0.102. The fraction of sp³-hybridized carbons (Fsp3) is 0.417. The molecular formula is C12H16N4O2. The van der Waals surface area contributed by atoms with E-state index in [-0.39, 0.29) is 12.6 Å². The Morgan fingerprint density at radius 3 is 2.83 bits per heavy atom. The van der Waals surface area contributed by atoms with Gasteiger partial charge in [0, 0.05) is 18.2 Å². The summed E-state index contributed by atoms with van der Waals surface area (Å²) in [6.45, 7) is 3.95. The molecule has 6 heteroatoms. The molecule has 2 heterocycles. The van der Waals surface area contributed by atoms with Crippen LogP contribution in [-0.4, -0.2) is 21.2 Å². The Morgan fingerprint density at radius 1 is 1.44 bits per heavy atom. The Labute approximate surface area is 105 Å². The Bertz CT molecular complexity index is 493. The van der Waals surface area contributed by atoms with E-state index in [1.165, 1.54) is 0 Å². The molecule has 0 fully saturated rings. The molecule has 2 N–H and O–H groups in total. The Balaban J connectivity index is 1.90. The molecule has 0 radical (unpaired) electrons. The summed E-state index contributed by atoms with van der Waals surface area (Å²) >= 11 is 0. The fourth-order valence-corrected chi connectivity index (χ4v) is 1.49. The Hall–Kier alpha value is -1.95. The zero-order chi connectivity index (χ0) is 13.0. The number of aryl methyl sites for hydroxylation is 1. The second-order valence-electron chi connectivity index (χ2n) is 4.19. The summed E-state index contributed by atoms with van der Waals surface area (Å²) in [6.07, 6.45) is 2.42. The molecule has 0 bridgehead atoms. The van der Waals surface area contributed by atoms with Crippen LogP contribution in [0.15, 0.2) is 22.9 Å². The number of pyridine rings is 1. The average Bonchev–Trinajstić information content (AvgIpc) is 2.74. The van der Waals surface area contributed by atoms with Crippen molar-refractivity contribution in [3.8, 4) is 5.75 Å². The third kappa shape index (κ3) is 3.53. The van der Waals surface area contributed by atoms with Crippen LogP contribution >= 0.6 is 0 Å². The molecule has 0 saturated heterocycles. The highest BCUT2D eigenvalue weighted by molar-refractivity contribution is 5.20. The maximum Gasteiger partial charge on any atom is 0.264 e. The van der Waals surface area contributed by atoms with Crippen LogP contribution in [0.1, 0.15) is 24.3 Å². The molecule has 96 valence electrons. The highest BCUT2D eigenvalue weighted by atomic mass is 16.5. The fourth-order valence-electron chi connectivity index (χ4n) is 1.49. The quantitative estimate of drug-likeness (QED) is 0.856. The van der Waals surface area contributed by atoms with Gasteiger partial charge < -0.3 is 15.0 Å². The highest BCUT2D eigenvalue weighted by Crippen LogP contribution is 2.12. The molecule has 0 spiro atoms. The van der Waals surface area contributed by atoms with Gasteiger partial charge in [-0.25, -0.2) is 0 Å². The van der Waals surface area contributed by atoms with Crippen molar-refractivity contribution in [2.75, 3.05) is 0 Å². The number of nitrogens with two attached hydrogens (primary N) is 1. The number of aromatic nitrogens is 3. The van der Waals surface area contributed by atoms with Crippen LogP contribution in [0.4, 0.5) is 0 Å². The minimum atomic E-state index is 0.102. The van der Waals surface area contributed by atoms with Crippen molar-refractivity contribution in [1.29, 1.82) is 0 Å². The van der Waals surface area contributed by atoms with Crippen molar-refractivity contribution in [2.45, 2.75) is 32.9 Å². The van der Waals surface area contributed by atoms with E-state index in [1.54, 1.807) is 13.1 Å². The minimum Gasteiger partial charge on any atom is -0.482 e. The average molecular weight is 248 g/mol. The molecule has 6 nitrogen and oxygen atoms in total. The normalized spacial score (nSPS) is 12.4. The first-order valence-electron chi connectivity index (χ1n) is 5.76. The van der Waals surface area contributed by atoms with Crippen LogP contribution in [0.2, 0.25) is 0 Å². The molecule has 2 aromatic rings. The number of ether oxygens (including phenoxy) is 1. The van der Waals surface area contributed by atoms with Crippen LogP contribution in [0, 0.1) is 6.92 Å². The van der Waals surface area contributed by atoms with E-state index in [4.69, 9.17) is 15.0 Å². The van der Waals surface area contributed by atoms with Gasteiger partial charge in [-0.1, -0.05) is 5.16 Å². The lowest BCUT2D eigenvalue weighted by molar-refractivity contribution is 0.242. The van der Waals surface area contributed by atoms with Gasteiger partial charge in [-0.3, -0.25) is 4.98 Å². The predicted octanol–water partition coefficient (Wildman–Crippen LogP) is 1.24. The van der Waals surface area contributed by atoms with E-state index in [0.717, 1.165) is 12.1 Å². The summed E-state index contributed by atoms with van der Waals surface area (Å²) in [7, 11) is 0. The molecule has 0 saturated carbocycles. The Kier molecular flexibility index (Phi) is 3.88. The lowest BCUT2D eigenvalue weighted by Crippen LogP contribution is -2.18. The van der Waals surface area contributed by atoms with E-state index in [2.05, 4.69) is 15.1 Å². The summed E-state index contributed by atoms with van der Waals surface area (Å²) in [5, 5.41) is 3.68. The van der Waals surface area contributed by atoms with Crippen molar-refractivity contribution >= 4 is 0 Å². The van der Waals surface area contributed by atoms with Crippen molar-refractivity contribution in [1.82, 2.24) is 15.1 Å². The lowest BCUT2D eigenvalue weighted by atomic mass is 10.2. The zero-order valence-electron chi connectivity index (χ0n) is 10.5. The molecule has 0 amide bonds. The molecule has 0 aromatic carbocycles. The number of nitrogens with zero attached hydrogens (tertiary/aromatic N) is 3. The van der Waals surface area contributed by atoms with Crippen molar-refractivity contribution in [3.05, 3.63) is 35.7 Å². The van der Waals surface area contributed by atoms with Crippen LogP contribution in [0.5, 0.6) is 5.75 Å². The smallest absolute Gasteiger partial charge is 0.264 e. The molecule has 0 aliphatic heterocycles. The lowest BCUT2D eigenvalue weighted by Gasteiger charge is -2.06. The second-order valence-corrected chi connectivity index (χ2v) is 4.19. The highest BCUT2D eigenvalue weighted by Gasteiger charge is 2.04. The molecule has 18 heavy (non-hydrogen) atoms. The standard InChI is InChI=1S/C12H16N4O2/c1-8(13)5-10-3-4-11(6-14-10)17-7-12-15-9(2)16-18-12/h3-4,6,8H,5,7,13H2,1-2H3. The van der Waals surface area contributed by atoms with E-state index in [9.17, 15) is 0 Å². The second kappa shape index (κ2) is 5.59. The van der Waals surface area contributed by atoms with Crippen molar-refractivity contribution < 1.29 is 9.26 Å². The third-order valence-electron chi connectivity index (χ3n) is 2.26. The monoisotopic (exact) mass is 248 g/mol. The van der Waals surface area contributed by atoms with Gasteiger partial charge >= 0.3 is 0 Å². The van der Waals surface area contributed by atoms with Crippen LogP contribution < -0.4 is 10.5 Å². The van der Waals surface area contributed by atoms with Gasteiger partial charge in [-0.2, -0.15) is 4.98 Å². The largest absolute Gasteiger partial charge is 0.482 e. The summed E-state index contributed by atoms with van der Waals surface area (Å²) < 4.78 is 10.4. The topological polar surface area (TPSA) is 87.1 Å². The molecule has 2 rings (SSSR count). The first-order valence-corrected chi connectivity index (χ1v) is 5.76. The first-order chi connectivity index (χ1) is 8.63. The first kappa shape index (κ1) is 12.5. The maximum absolute atomic E-state index is 5.70. The number of rotatable bonds is 5. The maximum atomic E-state index is 5.70. The number of hydrogen-bond donors (Lipinski definition) is 1. The molecule has 1 atom stereocenters. The predicted molar refractivity (Wildman–Crippen MR) is 65.0 cm³/mol. The van der Waals surface area contributed by atoms with Crippen molar-refractivity contribution in [3.63, 3.8) is 0 Å².